The third kappa shape index (κ3) is 4.79. The van der Waals surface area contributed by atoms with Gasteiger partial charge in [0.2, 0.25) is 0 Å². The predicted octanol–water partition coefficient (Wildman–Crippen LogP) is 1.53. The molecule has 4 heterocycles. The van der Waals surface area contributed by atoms with Gasteiger partial charge in [0.1, 0.15) is 18.0 Å². The molecule has 37 heavy (non-hydrogen) atoms. The Hall–Kier alpha value is -3.84. The number of imidazole rings is 1. The van der Waals surface area contributed by atoms with Crippen LogP contribution in [0.2, 0.25) is 5.02 Å². The Bertz CT molecular complexity index is 1450. The van der Waals surface area contributed by atoms with E-state index in [9.17, 15) is 15.0 Å². The number of aliphatic hydroxyl groups is 2. The van der Waals surface area contributed by atoms with Gasteiger partial charge in [-0.05, 0) is 23.8 Å². The number of carbonyl (C=O) groups is 1. The van der Waals surface area contributed by atoms with Crippen LogP contribution in [0.5, 0.6) is 5.75 Å². The fraction of sp³-hybridized carbons (Fsp3) is 0.292. The first-order chi connectivity index (χ1) is 17.9. The summed E-state index contributed by atoms with van der Waals surface area (Å²) in [7, 11) is 2.95. The van der Waals surface area contributed by atoms with Crippen LogP contribution in [0.3, 0.4) is 0 Å². The summed E-state index contributed by atoms with van der Waals surface area (Å²) in [6, 6.07) is 9.13. The van der Waals surface area contributed by atoms with Crippen molar-refractivity contribution >= 4 is 34.5 Å². The quantitative estimate of drug-likeness (QED) is 0.279. The van der Waals surface area contributed by atoms with E-state index in [4.69, 9.17) is 21.1 Å². The van der Waals surface area contributed by atoms with Gasteiger partial charge in [-0.15, -0.1) is 0 Å². The molecule has 3 aromatic heterocycles. The minimum absolute atomic E-state index is 0.310. The van der Waals surface area contributed by atoms with Crippen molar-refractivity contribution in [1.82, 2.24) is 29.8 Å². The Morgan fingerprint density at radius 2 is 2.05 bits per heavy atom. The number of pyridine rings is 1. The minimum Gasteiger partial charge on any atom is -0.495 e. The van der Waals surface area contributed by atoms with Gasteiger partial charge in [-0.1, -0.05) is 23.7 Å². The van der Waals surface area contributed by atoms with Crippen LogP contribution >= 0.6 is 11.6 Å². The number of nitrogens with one attached hydrogen (secondary N) is 2. The number of carbonyl (C=O) groups excluding carboxylic acids is 1. The molecule has 0 saturated carbocycles. The van der Waals surface area contributed by atoms with Gasteiger partial charge in [0.05, 0.1) is 19.6 Å². The molecule has 4 aromatic rings. The lowest BCUT2D eigenvalue weighted by Gasteiger charge is -2.17. The van der Waals surface area contributed by atoms with E-state index in [1.165, 1.54) is 25.1 Å². The first-order valence-electron chi connectivity index (χ1n) is 11.3. The lowest BCUT2D eigenvalue weighted by molar-refractivity contribution is -0.137. The Balaban J connectivity index is 1.59. The summed E-state index contributed by atoms with van der Waals surface area (Å²) in [5.74, 6) is 0.692. The molecule has 1 aliphatic rings. The van der Waals surface area contributed by atoms with Gasteiger partial charge in [0, 0.05) is 30.4 Å². The van der Waals surface area contributed by atoms with Crippen LogP contribution in [0.4, 0.5) is 5.82 Å². The van der Waals surface area contributed by atoms with E-state index in [-0.39, 0.29) is 0 Å². The molecule has 1 saturated heterocycles. The van der Waals surface area contributed by atoms with Gasteiger partial charge in [-0.2, -0.15) is 0 Å². The SMILES string of the molecule is CNC(=O)[C@H]1O[C@@H](n2cnc3c(NCc4cccc(Cl)c4)nc(-c4cncc(OC)c4)nc32)[C@H](O)[C@@H]1O. The highest BCUT2D eigenvalue weighted by Gasteiger charge is 2.47. The maximum Gasteiger partial charge on any atom is 0.251 e. The van der Waals surface area contributed by atoms with Crippen LogP contribution in [0, 0.1) is 0 Å². The average Bonchev–Trinajstić information content (AvgIpc) is 3.47. The fourth-order valence-electron chi connectivity index (χ4n) is 4.09. The maximum absolute atomic E-state index is 12.2. The molecule has 12 nitrogen and oxygen atoms in total. The summed E-state index contributed by atoms with van der Waals surface area (Å²) in [6.45, 7) is 0.398. The van der Waals surface area contributed by atoms with Crippen LogP contribution in [-0.2, 0) is 16.1 Å². The third-order valence-corrected chi connectivity index (χ3v) is 6.23. The van der Waals surface area contributed by atoms with Crippen molar-refractivity contribution in [2.24, 2.45) is 0 Å². The Kier molecular flexibility index (Phi) is 6.89. The van der Waals surface area contributed by atoms with E-state index in [1.807, 2.05) is 18.2 Å². The lowest BCUT2D eigenvalue weighted by Crippen LogP contribution is -2.41. The third-order valence-electron chi connectivity index (χ3n) is 5.99. The highest BCUT2D eigenvalue weighted by molar-refractivity contribution is 6.30. The number of benzene rings is 1. The summed E-state index contributed by atoms with van der Waals surface area (Å²) in [6.07, 6.45) is -0.637. The summed E-state index contributed by atoms with van der Waals surface area (Å²) in [4.78, 5) is 30.1. The van der Waals surface area contributed by atoms with Crippen LogP contribution in [0.25, 0.3) is 22.6 Å². The van der Waals surface area contributed by atoms with Crippen LogP contribution < -0.4 is 15.4 Å². The van der Waals surface area contributed by atoms with Crippen LogP contribution in [0.15, 0.2) is 49.1 Å². The molecule has 1 aliphatic heterocycles. The Morgan fingerprint density at radius 1 is 1.22 bits per heavy atom. The number of methoxy groups -OCH3 is 1. The molecule has 0 aliphatic carbocycles. The highest BCUT2D eigenvalue weighted by Crippen LogP contribution is 2.34. The molecule has 0 spiro atoms. The number of nitrogens with zero attached hydrogens (tertiary/aromatic N) is 5. The number of ether oxygens (including phenoxy) is 2. The highest BCUT2D eigenvalue weighted by atomic mass is 35.5. The average molecular weight is 526 g/mol. The fourth-order valence-corrected chi connectivity index (χ4v) is 4.30. The van der Waals surface area contributed by atoms with E-state index in [1.54, 1.807) is 24.5 Å². The smallest absolute Gasteiger partial charge is 0.251 e. The lowest BCUT2D eigenvalue weighted by atomic mass is 10.1. The van der Waals surface area contributed by atoms with Crippen molar-refractivity contribution in [2.75, 3.05) is 19.5 Å². The summed E-state index contributed by atoms with van der Waals surface area (Å²) >= 11 is 6.13. The largest absolute Gasteiger partial charge is 0.495 e. The molecule has 13 heteroatoms. The zero-order valence-corrected chi connectivity index (χ0v) is 20.6. The zero-order valence-electron chi connectivity index (χ0n) is 19.9. The van der Waals surface area contributed by atoms with Crippen molar-refractivity contribution in [3.05, 3.63) is 59.6 Å². The number of anilines is 1. The second kappa shape index (κ2) is 10.3. The first-order valence-corrected chi connectivity index (χ1v) is 11.7. The minimum atomic E-state index is -1.44. The number of halogens is 1. The summed E-state index contributed by atoms with van der Waals surface area (Å²) < 4.78 is 12.5. The van der Waals surface area contributed by atoms with Crippen molar-refractivity contribution in [3.63, 3.8) is 0 Å². The maximum atomic E-state index is 12.2. The van der Waals surface area contributed by atoms with Gasteiger partial charge in [0.25, 0.3) is 5.91 Å². The van der Waals surface area contributed by atoms with Gasteiger partial charge in [0.15, 0.2) is 35.1 Å². The van der Waals surface area contributed by atoms with E-state index in [0.717, 1.165) is 5.56 Å². The molecule has 192 valence electrons. The second-order valence-electron chi connectivity index (χ2n) is 8.36. The molecule has 0 unspecified atom stereocenters. The first kappa shape index (κ1) is 24.8. The molecule has 0 bridgehead atoms. The van der Waals surface area contributed by atoms with Crippen molar-refractivity contribution in [3.8, 4) is 17.1 Å². The number of likely N-dealkylation sites (N-methyl/N-ethyl adjacent to an activating group) is 1. The van der Waals surface area contributed by atoms with Gasteiger partial charge in [-0.25, -0.2) is 15.0 Å². The zero-order chi connectivity index (χ0) is 26.1. The van der Waals surface area contributed by atoms with Gasteiger partial charge < -0.3 is 30.3 Å². The summed E-state index contributed by atoms with van der Waals surface area (Å²) in [5.41, 5.74) is 2.22. The molecule has 5 rings (SSSR count). The molecule has 0 radical (unpaired) electrons. The van der Waals surface area contributed by atoms with Crippen molar-refractivity contribution in [1.29, 1.82) is 0 Å². The van der Waals surface area contributed by atoms with E-state index >= 15 is 0 Å². The normalized spacial score (nSPS) is 21.2. The molecule has 1 amide bonds. The van der Waals surface area contributed by atoms with E-state index in [2.05, 4.69) is 30.6 Å². The topological polar surface area (TPSA) is 157 Å². The molecule has 4 N–H and O–H groups in total. The van der Waals surface area contributed by atoms with Gasteiger partial charge >= 0.3 is 0 Å². The number of amides is 1. The molecule has 1 fully saturated rings. The standard InChI is InChI=1S/C24H24ClN7O5/c1-26-23(35)19-17(33)18(34)24(37-19)32-11-29-16-21(28-8-12-4-3-5-14(25)6-12)30-20(31-22(16)32)13-7-15(36-2)10-27-9-13/h3-7,9-11,17-19,24,33-34H,8H2,1-2H3,(H,26,35)(H,28,30,31)/t17-,18+,19-,24+/m0/s1. The number of fused-ring (bicyclic) bond motifs is 1. The number of aliphatic hydroxyl groups excluding tert-OH is 2. The van der Waals surface area contributed by atoms with Crippen LogP contribution in [-0.4, -0.2) is 73.1 Å². The Labute approximate surface area is 216 Å². The van der Waals surface area contributed by atoms with Crippen LogP contribution in [0.1, 0.15) is 11.8 Å². The number of rotatable bonds is 7. The molecular weight excluding hydrogens is 502 g/mol. The molecule has 4 atom stereocenters. The van der Waals surface area contributed by atoms with E-state index in [0.29, 0.717) is 45.7 Å². The predicted molar refractivity (Wildman–Crippen MR) is 134 cm³/mol. The summed E-state index contributed by atoms with van der Waals surface area (Å²) in [5, 5.41) is 27.4. The van der Waals surface area contributed by atoms with Crippen molar-refractivity contribution in [2.45, 2.75) is 31.1 Å². The Morgan fingerprint density at radius 3 is 2.81 bits per heavy atom. The van der Waals surface area contributed by atoms with Crippen molar-refractivity contribution < 1.29 is 24.5 Å². The monoisotopic (exact) mass is 525 g/mol. The number of aromatic nitrogens is 5. The number of hydrogen-bond acceptors (Lipinski definition) is 10. The van der Waals surface area contributed by atoms with E-state index < -0.39 is 30.4 Å². The second-order valence-corrected chi connectivity index (χ2v) is 8.80. The molecule has 1 aromatic carbocycles. The van der Waals surface area contributed by atoms with Gasteiger partial charge in [-0.3, -0.25) is 14.3 Å². The number of hydrogen-bond donors (Lipinski definition) is 4. The molecular formula is C24H24ClN7O5.